The molecule has 4 aromatic heterocycles. The summed E-state index contributed by atoms with van der Waals surface area (Å²) in [4.78, 5) is 17.3. The smallest absolute Gasteiger partial charge is 0.348 e. The van der Waals surface area contributed by atoms with Crippen molar-refractivity contribution in [2.75, 3.05) is 30.0 Å². The number of aromatic nitrogens is 7. The Labute approximate surface area is 221 Å². The number of pyridine rings is 1. The maximum absolute atomic E-state index is 5.67. The lowest BCUT2D eigenvalue weighted by molar-refractivity contribution is -0.519. The average molecular weight is 513 g/mol. The minimum atomic E-state index is 0.0167. The van der Waals surface area contributed by atoms with Gasteiger partial charge in [0.15, 0.2) is 5.82 Å². The molecule has 10 heteroatoms. The second-order valence-electron chi connectivity index (χ2n) is 10.3. The minimum Gasteiger partial charge on any atom is -0.377 e. The van der Waals surface area contributed by atoms with Crippen LogP contribution in [-0.4, -0.2) is 61.6 Å². The quantitative estimate of drug-likeness (QED) is 0.333. The van der Waals surface area contributed by atoms with Gasteiger partial charge in [-0.3, -0.25) is 0 Å². The molecule has 1 saturated heterocycles. The Balaban J connectivity index is 1.58. The molecule has 1 fully saturated rings. The highest BCUT2D eigenvalue weighted by atomic mass is 16.5. The van der Waals surface area contributed by atoms with Crippen molar-refractivity contribution in [1.82, 2.24) is 29.7 Å². The molecule has 2 N–H and O–H groups in total. The van der Waals surface area contributed by atoms with Gasteiger partial charge in [-0.05, 0) is 33.3 Å². The lowest BCUT2D eigenvalue weighted by atomic mass is 10.1. The molecule has 196 valence electrons. The summed E-state index contributed by atoms with van der Waals surface area (Å²) < 4.78 is 9.98. The summed E-state index contributed by atoms with van der Waals surface area (Å²) in [7, 11) is 0. The molecule has 0 amide bonds. The van der Waals surface area contributed by atoms with E-state index in [-0.39, 0.29) is 18.1 Å². The minimum absolute atomic E-state index is 0.0167. The summed E-state index contributed by atoms with van der Waals surface area (Å²) in [5.41, 5.74) is 4.56. The van der Waals surface area contributed by atoms with Gasteiger partial charge in [-0.2, -0.15) is 4.40 Å². The number of morpholine rings is 1. The van der Waals surface area contributed by atoms with Crippen LogP contribution in [0.4, 0.5) is 11.6 Å². The number of aromatic amines is 1. The molecule has 0 unspecified atom stereocenters. The van der Waals surface area contributed by atoms with E-state index in [4.69, 9.17) is 19.7 Å². The summed E-state index contributed by atoms with van der Waals surface area (Å²) in [6.45, 7) is 12.8. The molecule has 5 heterocycles. The number of hydrogen-bond acceptors (Lipinski definition) is 7. The molecule has 1 aromatic carbocycles. The molecule has 0 radical (unpaired) electrons. The first kappa shape index (κ1) is 24.3. The molecule has 1 aliphatic rings. The summed E-state index contributed by atoms with van der Waals surface area (Å²) in [5.74, 6) is 3.35. The van der Waals surface area contributed by atoms with E-state index in [9.17, 15) is 0 Å². The lowest BCUT2D eigenvalue weighted by Crippen LogP contribution is -2.44. The maximum atomic E-state index is 5.67. The van der Waals surface area contributed by atoms with Crippen molar-refractivity contribution in [2.45, 2.75) is 52.7 Å². The van der Waals surface area contributed by atoms with E-state index in [1.165, 1.54) is 5.56 Å². The zero-order chi connectivity index (χ0) is 26.4. The fourth-order valence-electron chi connectivity index (χ4n) is 5.19. The molecule has 0 aliphatic carbocycles. The van der Waals surface area contributed by atoms with Crippen LogP contribution < -0.4 is 14.6 Å². The average Bonchev–Trinajstić information content (AvgIpc) is 3.49. The largest absolute Gasteiger partial charge is 0.377 e. The Morgan fingerprint density at radius 3 is 2.74 bits per heavy atom. The van der Waals surface area contributed by atoms with Crippen LogP contribution in [0.3, 0.4) is 0 Å². The van der Waals surface area contributed by atoms with Crippen LogP contribution in [0.25, 0.3) is 28.2 Å². The van der Waals surface area contributed by atoms with Crippen LogP contribution in [0.15, 0.2) is 48.8 Å². The molecular weight excluding hydrogens is 478 g/mol. The third-order valence-corrected chi connectivity index (χ3v) is 7.16. The van der Waals surface area contributed by atoms with Crippen molar-refractivity contribution in [3.63, 3.8) is 0 Å². The van der Waals surface area contributed by atoms with Gasteiger partial charge in [0, 0.05) is 30.7 Å². The number of fused-ring (bicyclic) bond motifs is 2. The highest BCUT2D eigenvalue weighted by molar-refractivity contribution is 5.82. The number of aryl methyl sites for hydroxylation is 1. The van der Waals surface area contributed by atoms with Gasteiger partial charge in [-0.25, -0.2) is 15.0 Å². The molecule has 0 saturated carbocycles. The second-order valence-corrected chi connectivity index (χ2v) is 10.3. The fraction of sp³-hybridized carbons (Fsp3) is 0.393. The fourth-order valence-corrected chi connectivity index (χ4v) is 5.19. The van der Waals surface area contributed by atoms with Crippen molar-refractivity contribution in [3.05, 3.63) is 60.2 Å². The van der Waals surface area contributed by atoms with Crippen molar-refractivity contribution in [3.8, 4) is 11.5 Å². The van der Waals surface area contributed by atoms with E-state index in [1.54, 1.807) is 0 Å². The molecule has 5 aromatic rings. The van der Waals surface area contributed by atoms with Gasteiger partial charge in [0.05, 0.1) is 37.0 Å². The van der Waals surface area contributed by atoms with Gasteiger partial charge < -0.3 is 19.5 Å². The molecule has 10 nitrogen and oxygen atoms in total. The van der Waals surface area contributed by atoms with Gasteiger partial charge >= 0.3 is 5.65 Å². The van der Waals surface area contributed by atoms with Crippen LogP contribution in [0.1, 0.15) is 45.1 Å². The van der Waals surface area contributed by atoms with E-state index in [0.29, 0.717) is 19.0 Å². The molecule has 0 spiro atoms. The van der Waals surface area contributed by atoms with E-state index < -0.39 is 0 Å². The molecule has 6 rings (SSSR count). The highest BCUT2D eigenvalue weighted by Crippen LogP contribution is 2.33. The lowest BCUT2D eigenvalue weighted by Gasteiger charge is -2.34. The number of H-pyrrole nitrogens is 1. The molecule has 38 heavy (non-hydrogen) atoms. The SMILES string of the molecule is Cc1[nH]nc2c(NC(C)C)nc(-c3nc4cnc(N5CCOC[C@@H]5C)cc4n3[C@@H](C)c3ccccc3)c[n+]12. The summed E-state index contributed by atoms with van der Waals surface area (Å²) >= 11 is 0. The Kier molecular flexibility index (Phi) is 6.19. The van der Waals surface area contributed by atoms with Crippen molar-refractivity contribution in [1.29, 1.82) is 0 Å². The normalized spacial score (nSPS) is 17.0. The zero-order valence-electron chi connectivity index (χ0n) is 22.5. The number of ether oxygens (including phenoxy) is 1. The Morgan fingerprint density at radius 1 is 1.16 bits per heavy atom. The van der Waals surface area contributed by atoms with Gasteiger partial charge in [-0.1, -0.05) is 30.3 Å². The van der Waals surface area contributed by atoms with Crippen molar-refractivity contribution in [2.24, 2.45) is 0 Å². The summed E-state index contributed by atoms with van der Waals surface area (Å²) in [6, 6.07) is 13.1. The Bertz CT molecular complexity index is 1590. The van der Waals surface area contributed by atoms with Gasteiger partial charge in [-0.15, -0.1) is 5.10 Å². The van der Waals surface area contributed by atoms with Gasteiger partial charge in [0.25, 0.3) is 0 Å². The third-order valence-electron chi connectivity index (χ3n) is 7.16. The number of hydrogen-bond donors (Lipinski definition) is 2. The Morgan fingerprint density at radius 2 is 1.97 bits per heavy atom. The monoisotopic (exact) mass is 512 g/mol. The van der Waals surface area contributed by atoms with E-state index in [0.717, 1.165) is 46.4 Å². The van der Waals surface area contributed by atoms with E-state index in [2.05, 4.69) is 83.0 Å². The highest BCUT2D eigenvalue weighted by Gasteiger charge is 2.26. The standard InChI is InChI=1S/C28H33N9O/c1-17(2)30-26-28-34-33-20(5)36(28)15-23(31-26)27-32-22-14-29-25(35-11-12-38-16-18(35)3)13-24(22)37(27)19(4)21-9-7-6-8-10-21/h6-10,13-15,17-19H,11-12,16H2,1-5H3,(H,30,31)/p+1/t18-,19-/m0/s1. The topological polar surface area (TPSA) is 101 Å². The van der Waals surface area contributed by atoms with E-state index in [1.807, 2.05) is 29.8 Å². The first-order valence-corrected chi connectivity index (χ1v) is 13.2. The zero-order valence-corrected chi connectivity index (χ0v) is 22.5. The van der Waals surface area contributed by atoms with Crippen molar-refractivity contribution >= 4 is 28.3 Å². The second kappa shape index (κ2) is 9.68. The number of anilines is 2. The first-order chi connectivity index (χ1) is 18.4. The third kappa shape index (κ3) is 4.24. The van der Waals surface area contributed by atoms with Gasteiger partial charge in [0.2, 0.25) is 11.6 Å². The Hall–Kier alpha value is -4.05. The molecular formula is C28H34N9O+. The number of imidazole rings is 1. The molecule has 1 aliphatic heterocycles. The number of rotatable bonds is 6. The van der Waals surface area contributed by atoms with Crippen LogP contribution in [0, 0.1) is 6.92 Å². The van der Waals surface area contributed by atoms with Crippen molar-refractivity contribution < 1.29 is 9.14 Å². The molecule has 2 atom stereocenters. The number of benzene rings is 1. The van der Waals surface area contributed by atoms with Crippen LogP contribution >= 0.6 is 0 Å². The molecule has 0 bridgehead atoms. The predicted octanol–water partition coefficient (Wildman–Crippen LogP) is 3.92. The maximum Gasteiger partial charge on any atom is 0.348 e. The van der Waals surface area contributed by atoms with Gasteiger partial charge in [0.1, 0.15) is 23.2 Å². The summed E-state index contributed by atoms with van der Waals surface area (Å²) in [6.07, 6.45) is 3.89. The van der Waals surface area contributed by atoms with Crippen LogP contribution in [0.2, 0.25) is 0 Å². The predicted molar refractivity (Wildman–Crippen MR) is 147 cm³/mol. The van der Waals surface area contributed by atoms with E-state index >= 15 is 0 Å². The number of nitrogens with one attached hydrogen (secondary N) is 2. The number of nitrogens with zero attached hydrogens (tertiary/aromatic N) is 7. The summed E-state index contributed by atoms with van der Waals surface area (Å²) in [5, 5.41) is 11.0. The van der Waals surface area contributed by atoms with Crippen LogP contribution in [-0.2, 0) is 4.74 Å². The van der Waals surface area contributed by atoms with Crippen LogP contribution in [0.5, 0.6) is 0 Å². The first-order valence-electron chi connectivity index (χ1n) is 13.2.